The Balaban J connectivity index is 2.12. The van der Waals surface area contributed by atoms with Crippen molar-refractivity contribution < 1.29 is 4.74 Å². The van der Waals surface area contributed by atoms with Crippen molar-refractivity contribution in [3.63, 3.8) is 0 Å². The maximum Gasteiger partial charge on any atom is 0.123 e. The molecular formula is C13H23N3OS. The van der Waals surface area contributed by atoms with Gasteiger partial charge in [0, 0.05) is 24.5 Å². The zero-order chi connectivity index (χ0) is 13.0. The van der Waals surface area contributed by atoms with Gasteiger partial charge < -0.3 is 10.5 Å². The highest BCUT2D eigenvalue weighted by molar-refractivity contribution is 7.11. The van der Waals surface area contributed by atoms with E-state index < -0.39 is 0 Å². The van der Waals surface area contributed by atoms with E-state index in [-0.39, 0.29) is 6.10 Å². The van der Waals surface area contributed by atoms with E-state index in [9.17, 15) is 0 Å². The minimum absolute atomic E-state index is 0.139. The van der Waals surface area contributed by atoms with E-state index in [1.54, 1.807) is 11.3 Å². The Morgan fingerprint density at radius 3 is 3.00 bits per heavy atom. The summed E-state index contributed by atoms with van der Waals surface area (Å²) in [6, 6.07) is 0. The summed E-state index contributed by atoms with van der Waals surface area (Å²) < 4.78 is 5.85. The molecule has 0 saturated carbocycles. The first-order chi connectivity index (χ1) is 8.78. The fourth-order valence-corrected chi connectivity index (χ4v) is 3.30. The Kier molecular flexibility index (Phi) is 5.12. The van der Waals surface area contributed by atoms with Crippen LogP contribution in [0.25, 0.3) is 0 Å². The van der Waals surface area contributed by atoms with Crippen molar-refractivity contribution in [1.29, 1.82) is 0 Å². The highest BCUT2D eigenvalue weighted by Crippen LogP contribution is 2.29. The van der Waals surface area contributed by atoms with E-state index >= 15 is 0 Å². The normalized spacial score (nSPS) is 21.4. The molecule has 1 aromatic heterocycles. The van der Waals surface area contributed by atoms with Crippen molar-refractivity contribution in [3.8, 4) is 0 Å². The van der Waals surface area contributed by atoms with Crippen molar-refractivity contribution in [3.05, 3.63) is 15.6 Å². The van der Waals surface area contributed by atoms with E-state index in [4.69, 9.17) is 15.5 Å². The third-order valence-electron chi connectivity index (χ3n) is 3.34. The number of aryl methyl sites for hydroxylation is 1. The second-order valence-corrected chi connectivity index (χ2v) is 5.74. The van der Waals surface area contributed by atoms with Crippen molar-refractivity contribution in [1.82, 2.24) is 9.88 Å². The van der Waals surface area contributed by atoms with Gasteiger partial charge in [0.05, 0.1) is 12.3 Å². The largest absolute Gasteiger partial charge is 0.368 e. The van der Waals surface area contributed by atoms with Crippen LogP contribution < -0.4 is 5.73 Å². The number of nitrogens with zero attached hydrogens (tertiary/aromatic N) is 2. The molecule has 2 heterocycles. The fraction of sp³-hybridized carbons (Fsp3) is 0.769. The van der Waals surface area contributed by atoms with Crippen LogP contribution in [0.15, 0.2) is 0 Å². The van der Waals surface area contributed by atoms with Crippen LogP contribution in [-0.2, 0) is 17.7 Å². The molecule has 0 aliphatic carbocycles. The minimum Gasteiger partial charge on any atom is -0.368 e. The molecule has 4 nitrogen and oxygen atoms in total. The summed E-state index contributed by atoms with van der Waals surface area (Å²) in [5.41, 5.74) is 6.97. The van der Waals surface area contributed by atoms with Crippen molar-refractivity contribution in [2.24, 2.45) is 5.73 Å². The van der Waals surface area contributed by atoms with Crippen molar-refractivity contribution >= 4 is 11.3 Å². The average molecular weight is 269 g/mol. The molecule has 1 aliphatic rings. The lowest BCUT2D eigenvalue weighted by Crippen LogP contribution is -2.38. The topological polar surface area (TPSA) is 51.4 Å². The van der Waals surface area contributed by atoms with Gasteiger partial charge in [-0.2, -0.15) is 0 Å². The third kappa shape index (κ3) is 3.09. The van der Waals surface area contributed by atoms with Gasteiger partial charge in [0.2, 0.25) is 0 Å². The van der Waals surface area contributed by atoms with Gasteiger partial charge in [0.25, 0.3) is 0 Å². The summed E-state index contributed by atoms with van der Waals surface area (Å²) in [5.74, 6) is 0. The van der Waals surface area contributed by atoms with Crippen LogP contribution in [0.2, 0.25) is 0 Å². The SMILES string of the molecule is CCCc1nc(C2CN(CC)CCO2)sc1CN. The molecule has 2 N–H and O–H groups in total. The summed E-state index contributed by atoms with van der Waals surface area (Å²) in [4.78, 5) is 8.39. The first-order valence-corrected chi connectivity index (χ1v) is 7.62. The monoisotopic (exact) mass is 269 g/mol. The third-order valence-corrected chi connectivity index (χ3v) is 4.55. The maximum atomic E-state index is 5.85. The Bertz CT molecular complexity index is 380. The van der Waals surface area contributed by atoms with E-state index in [1.807, 2.05) is 0 Å². The number of likely N-dealkylation sites (N-methyl/N-ethyl adjacent to an activating group) is 1. The zero-order valence-corrected chi connectivity index (χ0v) is 12.1. The highest BCUT2D eigenvalue weighted by atomic mass is 32.1. The molecule has 0 radical (unpaired) electrons. The molecule has 0 spiro atoms. The first kappa shape index (κ1) is 13.9. The van der Waals surface area contributed by atoms with Gasteiger partial charge in [-0.05, 0) is 13.0 Å². The number of hydrogen-bond acceptors (Lipinski definition) is 5. The van der Waals surface area contributed by atoms with Gasteiger partial charge in [-0.25, -0.2) is 4.98 Å². The summed E-state index contributed by atoms with van der Waals surface area (Å²) in [6.45, 7) is 8.84. The van der Waals surface area contributed by atoms with E-state index in [0.29, 0.717) is 6.54 Å². The second-order valence-electron chi connectivity index (χ2n) is 4.63. The van der Waals surface area contributed by atoms with E-state index in [1.165, 1.54) is 10.6 Å². The molecule has 1 atom stereocenters. The molecule has 102 valence electrons. The summed E-state index contributed by atoms with van der Waals surface area (Å²) in [6.07, 6.45) is 2.27. The minimum atomic E-state index is 0.139. The molecule has 0 amide bonds. The molecule has 18 heavy (non-hydrogen) atoms. The quantitative estimate of drug-likeness (QED) is 0.887. The molecule has 1 aliphatic heterocycles. The Hall–Kier alpha value is -0.490. The molecular weight excluding hydrogens is 246 g/mol. The molecule has 0 aromatic carbocycles. The molecule has 0 bridgehead atoms. The van der Waals surface area contributed by atoms with Crippen LogP contribution in [0.1, 0.15) is 42.0 Å². The number of rotatable bonds is 5. The van der Waals surface area contributed by atoms with Gasteiger partial charge in [0.15, 0.2) is 0 Å². The number of ether oxygens (including phenoxy) is 1. The van der Waals surface area contributed by atoms with Crippen LogP contribution >= 0.6 is 11.3 Å². The lowest BCUT2D eigenvalue weighted by molar-refractivity contribution is -0.0283. The maximum absolute atomic E-state index is 5.85. The average Bonchev–Trinajstić information content (AvgIpc) is 2.82. The molecule has 5 heteroatoms. The Morgan fingerprint density at radius 1 is 1.50 bits per heavy atom. The molecule has 1 unspecified atom stereocenters. The number of thiazole rings is 1. The molecule has 1 fully saturated rings. The zero-order valence-electron chi connectivity index (χ0n) is 11.3. The van der Waals surface area contributed by atoms with Crippen LogP contribution in [-0.4, -0.2) is 36.1 Å². The Morgan fingerprint density at radius 2 is 2.33 bits per heavy atom. The predicted molar refractivity (Wildman–Crippen MR) is 74.8 cm³/mol. The van der Waals surface area contributed by atoms with Gasteiger partial charge in [-0.15, -0.1) is 11.3 Å². The van der Waals surface area contributed by atoms with Crippen LogP contribution in [0, 0.1) is 0 Å². The van der Waals surface area contributed by atoms with E-state index in [2.05, 4.69) is 18.7 Å². The number of morpholine rings is 1. The van der Waals surface area contributed by atoms with Gasteiger partial charge in [-0.1, -0.05) is 20.3 Å². The van der Waals surface area contributed by atoms with Crippen LogP contribution in [0.5, 0.6) is 0 Å². The number of aromatic nitrogens is 1. The molecule has 1 aromatic rings. The summed E-state index contributed by atoms with van der Waals surface area (Å²) >= 11 is 1.73. The standard InChI is InChI=1S/C13H23N3OS/c1-3-5-10-12(8-14)18-13(15-10)11-9-16(4-2)6-7-17-11/h11H,3-9,14H2,1-2H3. The predicted octanol–water partition coefficient (Wildman–Crippen LogP) is 1.95. The lowest BCUT2D eigenvalue weighted by Gasteiger charge is -2.30. The number of hydrogen-bond donors (Lipinski definition) is 1. The molecule has 2 rings (SSSR count). The van der Waals surface area contributed by atoms with Crippen molar-refractivity contribution in [2.45, 2.75) is 39.3 Å². The van der Waals surface area contributed by atoms with E-state index in [0.717, 1.165) is 44.1 Å². The Labute approximate surface area is 113 Å². The smallest absolute Gasteiger partial charge is 0.123 e. The van der Waals surface area contributed by atoms with Crippen molar-refractivity contribution in [2.75, 3.05) is 26.2 Å². The van der Waals surface area contributed by atoms with Gasteiger partial charge in [-0.3, -0.25) is 4.90 Å². The second kappa shape index (κ2) is 6.61. The summed E-state index contributed by atoms with van der Waals surface area (Å²) in [7, 11) is 0. The van der Waals surface area contributed by atoms with Crippen LogP contribution in [0.3, 0.4) is 0 Å². The fourth-order valence-electron chi connectivity index (χ4n) is 2.27. The highest BCUT2D eigenvalue weighted by Gasteiger charge is 2.24. The molecule has 1 saturated heterocycles. The first-order valence-electron chi connectivity index (χ1n) is 6.81. The van der Waals surface area contributed by atoms with Gasteiger partial charge >= 0.3 is 0 Å². The van der Waals surface area contributed by atoms with Crippen LogP contribution in [0.4, 0.5) is 0 Å². The summed E-state index contributed by atoms with van der Waals surface area (Å²) in [5, 5.41) is 1.11. The lowest BCUT2D eigenvalue weighted by atomic mass is 10.2. The number of nitrogens with two attached hydrogens (primary N) is 1. The van der Waals surface area contributed by atoms with Gasteiger partial charge in [0.1, 0.15) is 11.1 Å².